The molecular weight excluding hydrogens is 380 g/mol. The van der Waals surface area contributed by atoms with Crippen LogP contribution in [-0.2, 0) is 9.53 Å². The average Bonchev–Trinajstić information content (AvgIpc) is 3.24. The molecule has 4 rings (SSSR count). The standard InChI is InChI=1S/C24H28N2O4/c1-15-8-9-21(22(11-15)30-14-19-7-4-10-29-19)26-23(27)17-5-3-6-18(13-17)25-24(28)20-12-16(20)2/h3,5-6,8-9,11,13,16,19-20H,4,7,10,12,14H2,1-2H3,(H,25,28)(H,26,27). The van der Waals surface area contributed by atoms with E-state index in [0.29, 0.717) is 35.2 Å². The summed E-state index contributed by atoms with van der Waals surface area (Å²) in [5.74, 6) is 0.913. The Bertz CT molecular complexity index is 937. The number of ether oxygens (including phenoxy) is 2. The lowest BCUT2D eigenvalue weighted by atomic mass is 10.1. The SMILES string of the molecule is Cc1ccc(NC(=O)c2cccc(NC(=O)C3CC3C)c2)c(OCC2CCCO2)c1. The average molecular weight is 408 g/mol. The largest absolute Gasteiger partial charge is 0.489 e. The van der Waals surface area contributed by atoms with Crippen molar-refractivity contribution in [3.05, 3.63) is 53.6 Å². The van der Waals surface area contributed by atoms with Crippen molar-refractivity contribution < 1.29 is 19.1 Å². The third kappa shape index (κ3) is 5.00. The molecule has 0 spiro atoms. The molecule has 1 aliphatic carbocycles. The predicted molar refractivity (Wildman–Crippen MR) is 116 cm³/mol. The Morgan fingerprint density at radius 2 is 2.00 bits per heavy atom. The summed E-state index contributed by atoms with van der Waals surface area (Å²) in [6.45, 7) is 5.29. The molecule has 2 N–H and O–H groups in total. The number of carbonyl (C=O) groups excluding carboxylic acids is 2. The van der Waals surface area contributed by atoms with E-state index in [-0.39, 0.29) is 23.8 Å². The first-order valence-electron chi connectivity index (χ1n) is 10.6. The van der Waals surface area contributed by atoms with E-state index in [1.807, 2.05) is 25.1 Å². The van der Waals surface area contributed by atoms with Gasteiger partial charge in [0.15, 0.2) is 0 Å². The highest BCUT2D eigenvalue weighted by Crippen LogP contribution is 2.38. The van der Waals surface area contributed by atoms with E-state index in [9.17, 15) is 9.59 Å². The lowest BCUT2D eigenvalue weighted by Gasteiger charge is -2.16. The molecule has 158 valence electrons. The summed E-state index contributed by atoms with van der Waals surface area (Å²) in [6.07, 6.45) is 3.07. The van der Waals surface area contributed by atoms with Crippen molar-refractivity contribution in [2.45, 2.75) is 39.2 Å². The van der Waals surface area contributed by atoms with Crippen molar-refractivity contribution in [3.8, 4) is 5.75 Å². The summed E-state index contributed by atoms with van der Waals surface area (Å²) in [4.78, 5) is 25.0. The number of carbonyl (C=O) groups is 2. The number of rotatable bonds is 7. The van der Waals surface area contributed by atoms with Crippen LogP contribution in [0.4, 0.5) is 11.4 Å². The fourth-order valence-electron chi connectivity index (χ4n) is 3.67. The van der Waals surface area contributed by atoms with Gasteiger partial charge in [-0.3, -0.25) is 9.59 Å². The summed E-state index contributed by atoms with van der Waals surface area (Å²) in [5.41, 5.74) is 2.77. The molecule has 0 aromatic heterocycles. The summed E-state index contributed by atoms with van der Waals surface area (Å²) in [6, 6.07) is 12.7. The summed E-state index contributed by atoms with van der Waals surface area (Å²) in [7, 11) is 0. The minimum Gasteiger partial charge on any atom is -0.489 e. The van der Waals surface area contributed by atoms with Crippen LogP contribution in [0.15, 0.2) is 42.5 Å². The molecule has 2 fully saturated rings. The van der Waals surface area contributed by atoms with Gasteiger partial charge in [-0.15, -0.1) is 0 Å². The van der Waals surface area contributed by atoms with Crippen LogP contribution < -0.4 is 15.4 Å². The molecule has 3 unspecified atom stereocenters. The zero-order valence-electron chi connectivity index (χ0n) is 17.4. The Labute approximate surface area is 177 Å². The van der Waals surface area contributed by atoms with Gasteiger partial charge in [-0.2, -0.15) is 0 Å². The Kier molecular flexibility index (Phi) is 6.04. The molecule has 6 heteroatoms. The Hall–Kier alpha value is -2.86. The molecular formula is C24H28N2O4. The van der Waals surface area contributed by atoms with Crippen LogP contribution in [-0.4, -0.2) is 31.1 Å². The van der Waals surface area contributed by atoms with Crippen molar-refractivity contribution in [2.75, 3.05) is 23.8 Å². The first-order chi connectivity index (χ1) is 14.5. The molecule has 1 heterocycles. The van der Waals surface area contributed by atoms with Gasteiger partial charge in [0.25, 0.3) is 5.91 Å². The van der Waals surface area contributed by atoms with E-state index in [1.165, 1.54) is 0 Å². The smallest absolute Gasteiger partial charge is 0.255 e. The quantitative estimate of drug-likeness (QED) is 0.712. The molecule has 2 aliphatic rings. The van der Waals surface area contributed by atoms with Crippen molar-refractivity contribution in [1.29, 1.82) is 0 Å². The number of anilines is 2. The number of nitrogens with one attached hydrogen (secondary N) is 2. The number of hydrogen-bond acceptors (Lipinski definition) is 4. The van der Waals surface area contributed by atoms with Gasteiger partial charge < -0.3 is 20.1 Å². The number of aryl methyl sites for hydroxylation is 1. The molecule has 2 amide bonds. The van der Waals surface area contributed by atoms with Gasteiger partial charge in [0.2, 0.25) is 5.91 Å². The van der Waals surface area contributed by atoms with Crippen LogP contribution in [0, 0.1) is 18.8 Å². The van der Waals surface area contributed by atoms with Gasteiger partial charge in [0.05, 0.1) is 11.8 Å². The molecule has 1 saturated heterocycles. The Morgan fingerprint density at radius 1 is 1.17 bits per heavy atom. The Balaban J connectivity index is 1.43. The molecule has 3 atom stereocenters. The maximum atomic E-state index is 12.8. The molecule has 0 bridgehead atoms. The topological polar surface area (TPSA) is 76.7 Å². The van der Waals surface area contributed by atoms with Crippen LogP contribution in [0.1, 0.15) is 42.1 Å². The molecule has 1 saturated carbocycles. The zero-order valence-corrected chi connectivity index (χ0v) is 17.4. The zero-order chi connectivity index (χ0) is 21.1. The second kappa shape index (κ2) is 8.88. The summed E-state index contributed by atoms with van der Waals surface area (Å²) >= 11 is 0. The third-order valence-electron chi connectivity index (χ3n) is 5.67. The van der Waals surface area contributed by atoms with Crippen LogP contribution in [0.2, 0.25) is 0 Å². The highest BCUT2D eigenvalue weighted by molar-refractivity contribution is 6.06. The van der Waals surface area contributed by atoms with Crippen LogP contribution in [0.5, 0.6) is 5.75 Å². The molecule has 2 aromatic carbocycles. The van der Waals surface area contributed by atoms with Crippen LogP contribution >= 0.6 is 0 Å². The molecule has 2 aromatic rings. The second-order valence-corrected chi connectivity index (χ2v) is 8.29. The highest BCUT2D eigenvalue weighted by atomic mass is 16.5. The summed E-state index contributed by atoms with van der Waals surface area (Å²) in [5, 5.41) is 5.84. The first kappa shape index (κ1) is 20.4. The van der Waals surface area contributed by atoms with Gasteiger partial charge >= 0.3 is 0 Å². The first-order valence-corrected chi connectivity index (χ1v) is 10.6. The van der Waals surface area contributed by atoms with Crippen molar-refractivity contribution in [3.63, 3.8) is 0 Å². The van der Waals surface area contributed by atoms with E-state index in [0.717, 1.165) is 31.4 Å². The fourth-order valence-corrected chi connectivity index (χ4v) is 3.67. The Morgan fingerprint density at radius 3 is 2.73 bits per heavy atom. The van der Waals surface area contributed by atoms with Gasteiger partial charge in [-0.25, -0.2) is 0 Å². The predicted octanol–water partition coefficient (Wildman–Crippen LogP) is 4.40. The van der Waals surface area contributed by atoms with E-state index in [2.05, 4.69) is 17.6 Å². The molecule has 6 nitrogen and oxygen atoms in total. The van der Waals surface area contributed by atoms with Crippen LogP contribution in [0.3, 0.4) is 0 Å². The fraction of sp³-hybridized carbons (Fsp3) is 0.417. The lowest BCUT2D eigenvalue weighted by Crippen LogP contribution is -2.18. The van der Waals surface area contributed by atoms with Gasteiger partial charge in [0, 0.05) is 23.8 Å². The highest BCUT2D eigenvalue weighted by Gasteiger charge is 2.39. The van der Waals surface area contributed by atoms with E-state index >= 15 is 0 Å². The van der Waals surface area contributed by atoms with Gasteiger partial charge in [-0.05, 0) is 68.0 Å². The third-order valence-corrected chi connectivity index (χ3v) is 5.67. The van der Waals surface area contributed by atoms with Crippen molar-refractivity contribution >= 4 is 23.2 Å². The molecule has 30 heavy (non-hydrogen) atoms. The van der Waals surface area contributed by atoms with Crippen molar-refractivity contribution in [2.24, 2.45) is 11.8 Å². The van der Waals surface area contributed by atoms with E-state index in [1.54, 1.807) is 24.3 Å². The minimum absolute atomic E-state index is 0.0170. The normalized spacial score (nSPS) is 22.4. The molecule has 0 radical (unpaired) electrons. The maximum Gasteiger partial charge on any atom is 0.255 e. The van der Waals surface area contributed by atoms with E-state index in [4.69, 9.17) is 9.47 Å². The number of benzene rings is 2. The summed E-state index contributed by atoms with van der Waals surface area (Å²) < 4.78 is 11.6. The monoisotopic (exact) mass is 408 g/mol. The lowest BCUT2D eigenvalue weighted by molar-refractivity contribution is -0.117. The molecule has 1 aliphatic heterocycles. The van der Waals surface area contributed by atoms with Crippen molar-refractivity contribution in [1.82, 2.24) is 0 Å². The number of amides is 2. The van der Waals surface area contributed by atoms with Crippen LogP contribution in [0.25, 0.3) is 0 Å². The maximum absolute atomic E-state index is 12.8. The number of hydrogen-bond donors (Lipinski definition) is 2. The van der Waals surface area contributed by atoms with Gasteiger partial charge in [-0.1, -0.05) is 19.1 Å². The minimum atomic E-state index is -0.253. The van der Waals surface area contributed by atoms with Gasteiger partial charge in [0.1, 0.15) is 12.4 Å². The second-order valence-electron chi connectivity index (χ2n) is 8.29. The van der Waals surface area contributed by atoms with E-state index < -0.39 is 0 Å².